The number of hydrogen-bond donors (Lipinski definition) is 0. The molecule has 6 heteroatoms. The molecular formula is C10H9ClN2O3. The van der Waals surface area contributed by atoms with Gasteiger partial charge in [0, 0.05) is 6.07 Å². The van der Waals surface area contributed by atoms with Gasteiger partial charge in [0.15, 0.2) is 0 Å². The molecule has 84 valence electrons. The second-order valence-electron chi connectivity index (χ2n) is 2.94. The Hall–Kier alpha value is -1.75. The van der Waals surface area contributed by atoms with E-state index >= 15 is 0 Å². The summed E-state index contributed by atoms with van der Waals surface area (Å²) in [4.78, 5) is 3.91. The van der Waals surface area contributed by atoms with E-state index in [1.165, 1.54) is 0 Å². The molecule has 0 saturated carbocycles. The molecule has 0 fully saturated rings. The molecule has 0 spiro atoms. The van der Waals surface area contributed by atoms with Crippen LogP contribution in [0.5, 0.6) is 11.5 Å². The lowest BCUT2D eigenvalue weighted by Crippen LogP contribution is -1.91. The fourth-order valence-electron chi connectivity index (χ4n) is 1.30. The predicted molar refractivity (Wildman–Crippen MR) is 57.8 cm³/mol. The summed E-state index contributed by atoms with van der Waals surface area (Å²) in [5, 5.41) is 3.70. The van der Waals surface area contributed by atoms with Crippen LogP contribution in [0.25, 0.3) is 11.4 Å². The van der Waals surface area contributed by atoms with Crippen molar-refractivity contribution in [2.45, 2.75) is 0 Å². The van der Waals surface area contributed by atoms with Crippen molar-refractivity contribution in [3.8, 4) is 22.9 Å². The molecule has 0 unspecified atom stereocenters. The van der Waals surface area contributed by atoms with E-state index in [0.717, 1.165) is 0 Å². The Kier molecular flexibility index (Phi) is 2.96. The maximum absolute atomic E-state index is 5.56. The molecule has 0 aliphatic rings. The average molecular weight is 241 g/mol. The van der Waals surface area contributed by atoms with Crippen molar-refractivity contribution in [1.29, 1.82) is 0 Å². The van der Waals surface area contributed by atoms with Gasteiger partial charge >= 0.3 is 5.35 Å². The topological polar surface area (TPSA) is 57.4 Å². The van der Waals surface area contributed by atoms with Gasteiger partial charge in [-0.15, -0.1) is 0 Å². The van der Waals surface area contributed by atoms with Gasteiger partial charge in [0.2, 0.25) is 5.82 Å². The van der Waals surface area contributed by atoms with Crippen LogP contribution < -0.4 is 9.47 Å². The molecule has 0 atom stereocenters. The average Bonchev–Trinajstić information content (AvgIpc) is 2.74. The van der Waals surface area contributed by atoms with Gasteiger partial charge in [-0.1, -0.05) is 5.16 Å². The van der Waals surface area contributed by atoms with Gasteiger partial charge in [-0.2, -0.15) is 4.98 Å². The lowest BCUT2D eigenvalue weighted by atomic mass is 10.2. The third-order valence-electron chi connectivity index (χ3n) is 2.05. The van der Waals surface area contributed by atoms with Gasteiger partial charge in [0.1, 0.15) is 11.5 Å². The van der Waals surface area contributed by atoms with Crippen LogP contribution in [0, 0.1) is 0 Å². The minimum atomic E-state index is -0.00660. The first-order valence-corrected chi connectivity index (χ1v) is 4.84. The van der Waals surface area contributed by atoms with E-state index < -0.39 is 0 Å². The zero-order valence-corrected chi connectivity index (χ0v) is 9.49. The molecule has 2 aromatic rings. The summed E-state index contributed by atoms with van der Waals surface area (Å²) in [6.07, 6.45) is 0. The molecule has 1 aromatic carbocycles. The van der Waals surface area contributed by atoms with Gasteiger partial charge in [-0.3, -0.25) is 0 Å². The molecule has 0 radical (unpaired) electrons. The minimum absolute atomic E-state index is 0.00660. The minimum Gasteiger partial charge on any atom is -0.497 e. The summed E-state index contributed by atoms with van der Waals surface area (Å²) >= 11 is 5.56. The van der Waals surface area contributed by atoms with Crippen molar-refractivity contribution in [3.05, 3.63) is 23.5 Å². The van der Waals surface area contributed by atoms with E-state index in [1.807, 2.05) is 0 Å². The predicted octanol–water partition coefficient (Wildman–Crippen LogP) is 2.41. The van der Waals surface area contributed by atoms with Crippen LogP contribution in [0.3, 0.4) is 0 Å². The second kappa shape index (κ2) is 4.40. The summed E-state index contributed by atoms with van der Waals surface area (Å²) in [5.74, 6) is 1.66. The van der Waals surface area contributed by atoms with E-state index in [4.69, 9.17) is 25.6 Å². The van der Waals surface area contributed by atoms with Crippen molar-refractivity contribution >= 4 is 11.6 Å². The van der Waals surface area contributed by atoms with Crippen LogP contribution in [0.2, 0.25) is 5.35 Å². The Bertz CT molecular complexity index is 499. The largest absolute Gasteiger partial charge is 0.497 e. The van der Waals surface area contributed by atoms with Crippen LogP contribution in [0.15, 0.2) is 22.7 Å². The fourth-order valence-corrected chi connectivity index (χ4v) is 1.41. The summed E-state index contributed by atoms with van der Waals surface area (Å²) in [6.45, 7) is 0. The van der Waals surface area contributed by atoms with E-state index in [1.54, 1.807) is 32.4 Å². The van der Waals surface area contributed by atoms with Crippen LogP contribution >= 0.6 is 11.6 Å². The van der Waals surface area contributed by atoms with Gasteiger partial charge < -0.3 is 14.0 Å². The molecule has 1 aromatic heterocycles. The first-order valence-electron chi connectivity index (χ1n) is 4.46. The molecule has 0 aliphatic carbocycles. The zero-order chi connectivity index (χ0) is 11.5. The fraction of sp³-hybridized carbons (Fsp3) is 0.200. The van der Waals surface area contributed by atoms with E-state index in [9.17, 15) is 0 Å². The number of hydrogen-bond acceptors (Lipinski definition) is 5. The van der Waals surface area contributed by atoms with Gasteiger partial charge in [0.25, 0.3) is 0 Å². The summed E-state index contributed by atoms with van der Waals surface area (Å²) in [7, 11) is 3.14. The Morgan fingerprint density at radius 3 is 2.62 bits per heavy atom. The van der Waals surface area contributed by atoms with Crippen molar-refractivity contribution in [1.82, 2.24) is 10.1 Å². The molecule has 0 bridgehead atoms. The van der Waals surface area contributed by atoms with Crippen LogP contribution in [0.1, 0.15) is 0 Å². The third kappa shape index (κ3) is 1.94. The Morgan fingerprint density at radius 2 is 2.06 bits per heavy atom. The molecule has 16 heavy (non-hydrogen) atoms. The molecule has 0 amide bonds. The first-order chi connectivity index (χ1) is 7.74. The molecule has 0 aliphatic heterocycles. The number of rotatable bonds is 3. The number of halogens is 1. The zero-order valence-electron chi connectivity index (χ0n) is 8.73. The van der Waals surface area contributed by atoms with Crippen molar-refractivity contribution in [2.24, 2.45) is 0 Å². The Balaban J connectivity index is 2.48. The maximum atomic E-state index is 5.56. The highest BCUT2D eigenvalue weighted by Crippen LogP contribution is 2.31. The second-order valence-corrected chi connectivity index (χ2v) is 3.26. The number of benzene rings is 1. The highest BCUT2D eigenvalue weighted by Gasteiger charge is 2.13. The van der Waals surface area contributed by atoms with Crippen molar-refractivity contribution in [3.63, 3.8) is 0 Å². The van der Waals surface area contributed by atoms with Crippen molar-refractivity contribution in [2.75, 3.05) is 14.2 Å². The number of nitrogens with zero attached hydrogens (tertiary/aromatic N) is 2. The first kappa shape index (κ1) is 10.8. The molecule has 0 saturated heterocycles. The normalized spacial score (nSPS) is 10.2. The monoisotopic (exact) mass is 240 g/mol. The van der Waals surface area contributed by atoms with E-state index in [-0.39, 0.29) is 5.35 Å². The summed E-state index contributed by atoms with van der Waals surface area (Å²) in [5.41, 5.74) is 0.693. The highest BCUT2D eigenvalue weighted by atomic mass is 35.5. The molecular weight excluding hydrogens is 232 g/mol. The number of aromatic nitrogens is 2. The summed E-state index contributed by atoms with van der Waals surface area (Å²) in [6, 6.07) is 5.29. The smallest absolute Gasteiger partial charge is 0.320 e. The highest BCUT2D eigenvalue weighted by molar-refractivity contribution is 6.27. The van der Waals surface area contributed by atoms with E-state index in [2.05, 4.69) is 10.1 Å². The summed E-state index contributed by atoms with van der Waals surface area (Å²) < 4.78 is 15.0. The molecule has 1 heterocycles. The van der Waals surface area contributed by atoms with Crippen LogP contribution in [-0.2, 0) is 0 Å². The van der Waals surface area contributed by atoms with Crippen LogP contribution in [-0.4, -0.2) is 24.4 Å². The van der Waals surface area contributed by atoms with Gasteiger partial charge in [-0.25, -0.2) is 0 Å². The Labute approximate surface area is 96.9 Å². The standard InChI is InChI=1S/C10H9ClN2O3/c1-14-6-3-4-7(8(5-6)15-2)9-12-10(11)16-13-9/h3-5H,1-2H3. The number of methoxy groups -OCH3 is 2. The number of ether oxygens (including phenoxy) is 2. The van der Waals surface area contributed by atoms with E-state index in [0.29, 0.717) is 22.9 Å². The SMILES string of the molecule is COc1ccc(-c2noc(Cl)n2)c(OC)c1. The lowest BCUT2D eigenvalue weighted by molar-refractivity contribution is 0.394. The Morgan fingerprint density at radius 1 is 1.25 bits per heavy atom. The molecule has 5 nitrogen and oxygen atoms in total. The molecule has 0 N–H and O–H groups in total. The lowest BCUT2D eigenvalue weighted by Gasteiger charge is -2.07. The van der Waals surface area contributed by atoms with Crippen LogP contribution in [0.4, 0.5) is 0 Å². The third-order valence-corrected chi connectivity index (χ3v) is 2.20. The van der Waals surface area contributed by atoms with Gasteiger partial charge in [-0.05, 0) is 23.7 Å². The quantitative estimate of drug-likeness (QED) is 0.825. The molecule has 2 rings (SSSR count). The van der Waals surface area contributed by atoms with Gasteiger partial charge in [0.05, 0.1) is 19.8 Å². The maximum Gasteiger partial charge on any atom is 0.320 e. The van der Waals surface area contributed by atoms with Crippen molar-refractivity contribution < 1.29 is 14.0 Å².